The molecular weight excluding hydrogens is 308 g/mol. The fraction of sp³-hybridized carbons (Fsp3) is 0.632. The lowest BCUT2D eigenvalue weighted by Gasteiger charge is -2.40. The predicted molar refractivity (Wildman–Crippen MR) is 88.7 cm³/mol. The van der Waals surface area contributed by atoms with E-state index in [1.807, 2.05) is 0 Å². The quantitative estimate of drug-likeness (QED) is 0.668. The molecule has 1 unspecified atom stereocenters. The molecule has 3 rings (SSSR count). The maximum Gasteiger partial charge on any atom is 0.335 e. The maximum absolute atomic E-state index is 11.3. The molecule has 5 heteroatoms. The Hall–Kier alpha value is -1.43. The van der Waals surface area contributed by atoms with E-state index in [4.69, 9.17) is 0 Å². The SMILES string of the molecule is O=C(O)[C@]1(O)CC(CCc2ccc3c(c2)CCCC3)[C@@H](O)[C@H](O)C1. The summed E-state index contributed by atoms with van der Waals surface area (Å²) in [5, 5.41) is 39.5. The Balaban J connectivity index is 1.67. The summed E-state index contributed by atoms with van der Waals surface area (Å²) in [5.41, 5.74) is 2.03. The number of benzene rings is 1. The summed E-state index contributed by atoms with van der Waals surface area (Å²) >= 11 is 0. The van der Waals surface area contributed by atoms with Crippen LogP contribution in [0.1, 0.15) is 48.8 Å². The number of rotatable bonds is 4. The molecule has 5 nitrogen and oxygen atoms in total. The Bertz CT molecular complexity index is 614. The van der Waals surface area contributed by atoms with Gasteiger partial charge in [-0.3, -0.25) is 0 Å². The molecule has 1 aromatic carbocycles. The molecule has 0 amide bonds. The van der Waals surface area contributed by atoms with E-state index in [9.17, 15) is 25.2 Å². The lowest BCUT2D eigenvalue weighted by atomic mass is 9.72. The van der Waals surface area contributed by atoms with Crippen molar-refractivity contribution in [3.8, 4) is 0 Å². The number of carboxylic acids is 1. The van der Waals surface area contributed by atoms with Gasteiger partial charge in [-0.25, -0.2) is 4.79 Å². The molecule has 24 heavy (non-hydrogen) atoms. The highest BCUT2D eigenvalue weighted by Gasteiger charge is 2.48. The van der Waals surface area contributed by atoms with Crippen LogP contribution in [0.3, 0.4) is 0 Å². The molecule has 132 valence electrons. The molecule has 0 bridgehead atoms. The van der Waals surface area contributed by atoms with Crippen LogP contribution in [0, 0.1) is 5.92 Å². The minimum atomic E-state index is -1.95. The zero-order valence-corrected chi connectivity index (χ0v) is 13.8. The van der Waals surface area contributed by atoms with Gasteiger partial charge < -0.3 is 20.4 Å². The van der Waals surface area contributed by atoms with E-state index in [1.165, 1.54) is 29.5 Å². The van der Waals surface area contributed by atoms with Gasteiger partial charge in [-0.15, -0.1) is 0 Å². The largest absolute Gasteiger partial charge is 0.479 e. The number of aliphatic carboxylic acids is 1. The molecule has 0 aliphatic heterocycles. The summed E-state index contributed by atoms with van der Waals surface area (Å²) in [5.74, 6) is -1.75. The number of carboxylic acid groups (broad SMARTS) is 1. The van der Waals surface area contributed by atoms with Crippen molar-refractivity contribution >= 4 is 5.97 Å². The lowest BCUT2D eigenvalue weighted by Crippen LogP contribution is -2.53. The molecule has 1 aromatic rings. The van der Waals surface area contributed by atoms with Crippen LogP contribution in [0.15, 0.2) is 18.2 Å². The number of aryl methyl sites for hydroxylation is 3. The molecule has 0 aromatic heterocycles. The van der Waals surface area contributed by atoms with Gasteiger partial charge in [0.25, 0.3) is 0 Å². The highest BCUT2D eigenvalue weighted by Crippen LogP contribution is 2.36. The summed E-state index contributed by atoms with van der Waals surface area (Å²) in [6.45, 7) is 0. The van der Waals surface area contributed by atoms with Crippen LogP contribution in [0.4, 0.5) is 0 Å². The van der Waals surface area contributed by atoms with E-state index < -0.39 is 29.7 Å². The molecule has 1 fully saturated rings. The summed E-state index contributed by atoms with van der Waals surface area (Å²) in [6, 6.07) is 6.48. The van der Waals surface area contributed by atoms with Crippen LogP contribution >= 0.6 is 0 Å². The van der Waals surface area contributed by atoms with E-state index in [0.29, 0.717) is 12.8 Å². The highest BCUT2D eigenvalue weighted by atomic mass is 16.4. The second-order valence-corrected chi connectivity index (χ2v) is 7.41. The van der Waals surface area contributed by atoms with E-state index in [-0.39, 0.29) is 12.8 Å². The van der Waals surface area contributed by atoms with E-state index >= 15 is 0 Å². The first kappa shape index (κ1) is 17.4. The second kappa shape index (κ2) is 6.82. The number of fused-ring (bicyclic) bond motifs is 1. The van der Waals surface area contributed by atoms with Crippen molar-refractivity contribution in [2.24, 2.45) is 5.92 Å². The van der Waals surface area contributed by atoms with Gasteiger partial charge in [0, 0.05) is 6.42 Å². The third kappa shape index (κ3) is 3.48. The average Bonchev–Trinajstić information content (AvgIpc) is 2.56. The average molecular weight is 334 g/mol. The summed E-state index contributed by atoms with van der Waals surface area (Å²) < 4.78 is 0. The summed E-state index contributed by atoms with van der Waals surface area (Å²) in [7, 11) is 0. The van der Waals surface area contributed by atoms with Gasteiger partial charge >= 0.3 is 5.97 Å². The number of hydrogen-bond donors (Lipinski definition) is 4. The van der Waals surface area contributed by atoms with Gasteiger partial charge in [-0.1, -0.05) is 18.2 Å². The summed E-state index contributed by atoms with van der Waals surface area (Å²) in [6.07, 6.45) is 3.42. The Kier molecular flexibility index (Phi) is 4.95. The number of carbonyl (C=O) groups is 1. The minimum absolute atomic E-state index is 0.0223. The van der Waals surface area contributed by atoms with Gasteiger partial charge in [0.05, 0.1) is 12.2 Å². The number of aliphatic hydroxyl groups excluding tert-OH is 2. The highest BCUT2D eigenvalue weighted by molar-refractivity contribution is 5.77. The van der Waals surface area contributed by atoms with Crippen molar-refractivity contribution in [2.45, 2.75) is 69.2 Å². The predicted octanol–water partition coefficient (Wildman–Crippen LogP) is 1.45. The topological polar surface area (TPSA) is 98.0 Å². The standard InChI is InChI=1S/C19H26O5/c20-16-11-19(24,18(22)23)10-15(17(16)21)8-6-12-5-7-13-3-1-2-4-14(13)9-12/h5,7,9,15-17,20-21,24H,1-4,6,8,10-11H2,(H,22,23)/t15?,16-,17-,19+/m1/s1. The Morgan fingerprint density at radius 3 is 2.54 bits per heavy atom. The van der Waals surface area contributed by atoms with E-state index in [1.54, 1.807) is 0 Å². The van der Waals surface area contributed by atoms with Crippen LogP contribution in [0.5, 0.6) is 0 Å². The first-order valence-corrected chi connectivity index (χ1v) is 8.81. The van der Waals surface area contributed by atoms with Gasteiger partial charge in [-0.05, 0) is 67.6 Å². The number of aliphatic hydroxyl groups is 3. The van der Waals surface area contributed by atoms with Crippen molar-refractivity contribution in [3.05, 3.63) is 34.9 Å². The van der Waals surface area contributed by atoms with Crippen LogP contribution in [0.2, 0.25) is 0 Å². The third-order valence-corrected chi connectivity index (χ3v) is 5.64. The van der Waals surface area contributed by atoms with Crippen molar-refractivity contribution in [1.82, 2.24) is 0 Å². The fourth-order valence-corrected chi connectivity index (χ4v) is 4.16. The second-order valence-electron chi connectivity index (χ2n) is 7.41. The molecular formula is C19H26O5. The molecule has 0 spiro atoms. The van der Waals surface area contributed by atoms with Crippen LogP contribution in [-0.4, -0.2) is 44.2 Å². The molecule has 0 saturated heterocycles. The van der Waals surface area contributed by atoms with Gasteiger partial charge in [0.2, 0.25) is 0 Å². The van der Waals surface area contributed by atoms with Crippen molar-refractivity contribution in [2.75, 3.05) is 0 Å². The number of hydrogen-bond acceptors (Lipinski definition) is 4. The van der Waals surface area contributed by atoms with Gasteiger partial charge in [0.15, 0.2) is 5.60 Å². The van der Waals surface area contributed by atoms with Crippen LogP contribution < -0.4 is 0 Å². The molecule has 2 aliphatic carbocycles. The molecule has 0 heterocycles. The van der Waals surface area contributed by atoms with E-state index in [2.05, 4.69) is 18.2 Å². The maximum atomic E-state index is 11.3. The Morgan fingerprint density at radius 1 is 1.12 bits per heavy atom. The Morgan fingerprint density at radius 2 is 1.83 bits per heavy atom. The molecule has 2 aliphatic rings. The smallest absolute Gasteiger partial charge is 0.335 e. The van der Waals surface area contributed by atoms with Crippen molar-refractivity contribution in [1.29, 1.82) is 0 Å². The van der Waals surface area contributed by atoms with E-state index in [0.717, 1.165) is 12.8 Å². The normalized spacial score (nSPS) is 33.0. The minimum Gasteiger partial charge on any atom is -0.479 e. The first-order chi connectivity index (χ1) is 11.4. The molecule has 4 atom stereocenters. The van der Waals surface area contributed by atoms with Gasteiger partial charge in [0.1, 0.15) is 0 Å². The zero-order chi connectivity index (χ0) is 17.3. The third-order valence-electron chi connectivity index (χ3n) is 5.64. The zero-order valence-electron chi connectivity index (χ0n) is 13.8. The Labute approximate surface area is 142 Å². The van der Waals surface area contributed by atoms with Crippen molar-refractivity contribution in [3.63, 3.8) is 0 Å². The molecule has 1 saturated carbocycles. The lowest BCUT2D eigenvalue weighted by molar-refractivity contribution is -0.179. The molecule has 0 radical (unpaired) electrons. The van der Waals surface area contributed by atoms with Crippen LogP contribution in [0.25, 0.3) is 0 Å². The molecule has 4 N–H and O–H groups in total. The van der Waals surface area contributed by atoms with Gasteiger partial charge in [-0.2, -0.15) is 0 Å². The first-order valence-electron chi connectivity index (χ1n) is 8.81. The van der Waals surface area contributed by atoms with Crippen molar-refractivity contribution < 1.29 is 25.2 Å². The summed E-state index contributed by atoms with van der Waals surface area (Å²) in [4.78, 5) is 11.3. The van der Waals surface area contributed by atoms with Crippen LogP contribution in [-0.2, 0) is 24.1 Å². The fourth-order valence-electron chi connectivity index (χ4n) is 4.16. The monoisotopic (exact) mass is 334 g/mol.